The summed E-state index contributed by atoms with van der Waals surface area (Å²) in [6, 6.07) is 8.46. The van der Waals surface area contributed by atoms with Crippen LogP contribution in [0.15, 0.2) is 29.3 Å². The van der Waals surface area contributed by atoms with Gasteiger partial charge in [0.15, 0.2) is 5.96 Å². The minimum absolute atomic E-state index is 0. The highest BCUT2D eigenvalue weighted by molar-refractivity contribution is 14.0. The van der Waals surface area contributed by atoms with Gasteiger partial charge in [0.25, 0.3) is 0 Å². The topological polar surface area (TPSA) is 78.0 Å². The lowest BCUT2D eigenvalue weighted by molar-refractivity contribution is -0.122. The number of benzene rings is 1. The molecular formula is C22H38IN5O2. The summed E-state index contributed by atoms with van der Waals surface area (Å²) >= 11 is 0. The molecular weight excluding hydrogens is 493 g/mol. The first kappa shape index (κ1) is 26.5. The van der Waals surface area contributed by atoms with Crippen molar-refractivity contribution < 1.29 is 9.53 Å². The molecule has 1 aromatic carbocycles. The van der Waals surface area contributed by atoms with E-state index in [1.807, 2.05) is 19.1 Å². The summed E-state index contributed by atoms with van der Waals surface area (Å²) in [4.78, 5) is 18.4. The zero-order valence-electron chi connectivity index (χ0n) is 18.7. The Hall–Kier alpha value is -1.55. The van der Waals surface area contributed by atoms with Crippen molar-refractivity contribution in [2.75, 3.05) is 39.8 Å². The second-order valence-corrected chi connectivity index (χ2v) is 7.74. The number of amides is 1. The fraction of sp³-hybridized carbons (Fsp3) is 0.636. The highest BCUT2D eigenvalue weighted by Crippen LogP contribution is 2.13. The summed E-state index contributed by atoms with van der Waals surface area (Å²) in [5.74, 6) is 1.80. The van der Waals surface area contributed by atoms with Gasteiger partial charge in [-0.3, -0.25) is 14.7 Å². The van der Waals surface area contributed by atoms with E-state index in [0.717, 1.165) is 50.6 Å². The molecule has 0 saturated carbocycles. The number of aryl methyl sites for hydroxylation is 1. The highest BCUT2D eigenvalue weighted by atomic mass is 127. The van der Waals surface area contributed by atoms with Gasteiger partial charge >= 0.3 is 0 Å². The van der Waals surface area contributed by atoms with Crippen LogP contribution in [0.2, 0.25) is 0 Å². The molecule has 0 spiro atoms. The summed E-state index contributed by atoms with van der Waals surface area (Å²) < 4.78 is 5.94. The fourth-order valence-corrected chi connectivity index (χ4v) is 3.28. The highest BCUT2D eigenvalue weighted by Gasteiger charge is 2.21. The molecule has 0 radical (unpaired) electrons. The standard InChI is InChI=1S/C22H37N5O2.HI/c1-5-12-24-21(28)16-27-13-10-19(11-14-27)26-22(23-4)25-15-18(3)29-20-8-6-17(2)7-9-20;/h6-9,18-19H,5,10-16H2,1-4H3,(H,24,28)(H2,23,25,26);1H. The van der Waals surface area contributed by atoms with E-state index < -0.39 is 0 Å². The molecule has 30 heavy (non-hydrogen) atoms. The number of likely N-dealkylation sites (tertiary alicyclic amines) is 1. The Morgan fingerprint density at radius 1 is 1.23 bits per heavy atom. The Labute approximate surface area is 198 Å². The number of carbonyl (C=O) groups excluding carboxylic acids is 1. The summed E-state index contributed by atoms with van der Waals surface area (Å²) in [6.45, 7) is 9.93. The van der Waals surface area contributed by atoms with Crippen molar-refractivity contribution in [1.82, 2.24) is 20.9 Å². The molecule has 1 atom stereocenters. The van der Waals surface area contributed by atoms with Gasteiger partial charge in [0.05, 0.1) is 13.1 Å². The monoisotopic (exact) mass is 531 g/mol. The van der Waals surface area contributed by atoms with Gasteiger partial charge in [-0.1, -0.05) is 24.6 Å². The summed E-state index contributed by atoms with van der Waals surface area (Å²) in [5, 5.41) is 9.79. The van der Waals surface area contributed by atoms with Crippen LogP contribution >= 0.6 is 24.0 Å². The minimum Gasteiger partial charge on any atom is -0.489 e. The maximum absolute atomic E-state index is 11.9. The molecule has 1 fully saturated rings. The van der Waals surface area contributed by atoms with Gasteiger partial charge in [0.1, 0.15) is 11.9 Å². The van der Waals surface area contributed by atoms with Crippen molar-refractivity contribution in [3.8, 4) is 5.75 Å². The maximum Gasteiger partial charge on any atom is 0.234 e. The third-order valence-electron chi connectivity index (χ3n) is 5.01. The molecule has 1 aliphatic rings. The van der Waals surface area contributed by atoms with Gasteiger partial charge in [-0.2, -0.15) is 0 Å². The van der Waals surface area contributed by atoms with Crippen molar-refractivity contribution >= 4 is 35.8 Å². The summed E-state index contributed by atoms with van der Waals surface area (Å²) in [6.07, 6.45) is 2.99. The van der Waals surface area contributed by atoms with Gasteiger partial charge < -0.3 is 20.7 Å². The van der Waals surface area contributed by atoms with Crippen molar-refractivity contribution in [2.45, 2.75) is 52.2 Å². The van der Waals surface area contributed by atoms with E-state index in [1.54, 1.807) is 7.05 Å². The molecule has 0 aliphatic carbocycles. The fourth-order valence-electron chi connectivity index (χ4n) is 3.28. The molecule has 3 N–H and O–H groups in total. The van der Waals surface area contributed by atoms with Gasteiger partial charge in [0, 0.05) is 32.7 Å². The van der Waals surface area contributed by atoms with Crippen molar-refractivity contribution in [1.29, 1.82) is 0 Å². The zero-order chi connectivity index (χ0) is 21.1. The number of carbonyl (C=O) groups is 1. The molecule has 170 valence electrons. The Morgan fingerprint density at radius 3 is 2.50 bits per heavy atom. The Morgan fingerprint density at radius 2 is 1.90 bits per heavy atom. The van der Waals surface area contributed by atoms with Crippen molar-refractivity contribution in [3.05, 3.63) is 29.8 Å². The normalized spacial score (nSPS) is 16.3. The van der Waals surface area contributed by atoms with E-state index in [1.165, 1.54) is 5.56 Å². The molecule has 1 unspecified atom stereocenters. The van der Waals surface area contributed by atoms with Gasteiger partial charge in [-0.25, -0.2) is 0 Å². The smallest absolute Gasteiger partial charge is 0.234 e. The van der Waals surface area contributed by atoms with E-state index in [9.17, 15) is 4.79 Å². The summed E-state index contributed by atoms with van der Waals surface area (Å²) in [5.41, 5.74) is 1.22. The number of ether oxygens (including phenoxy) is 1. The second kappa shape index (κ2) is 14.5. The van der Waals surface area contributed by atoms with Crippen LogP contribution < -0.4 is 20.7 Å². The molecule has 1 amide bonds. The molecule has 1 saturated heterocycles. The van der Waals surface area contributed by atoms with Crippen LogP contribution in [0.5, 0.6) is 5.75 Å². The molecule has 2 rings (SSSR count). The molecule has 0 bridgehead atoms. The number of nitrogens with one attached hydrogen (secondary N) is 3. The lowest BCUT2D eigenvalue weighted by Gasteiger charge is -2.32. The molecule has 0 aromatic heterocycles. The van der Waals surface area contributed by atoms with Crippen molar-refractivity contribution in [2.24, 2.45) is 4.99 Å². The van der Waals surface area contributed by atoms with Crippen LogP contribution in [-0.4, -0.2) is 68.7 Å². The van der Waals surface area contributed by atoms with E-state index in [0.29, 0.717) is 19.1 Å². The Kier molecular flexibility index (Phi) is 12.8. The predicted octanol–water partition coefficient (Wildman–Crippen LogP) is 2.54. The number of piperidine rings is 1. The molecule has 1 aliphatic heterocycles. The average molecular weight is 531 g/mol. The Balaban J connectivity index is 0.00000450. The van der Waals surface area contributed by atoms with Crippen LogP contribution in [0.3, 0.4) is 0 Å². The first-order valence-electron chi connectivity index (χ1n) is 10.7. The van der Waals surface area contributed by atoms with Crippen LogP contribution in [0.1, 0.15) is 38.7 Å². The first-order valence-corrected chi connectivity index (χ1v) is 10.7. The van der Waals surface area contributed by atoms with Crippen molar-refractivity contribution in [3.63, 3.8) is 0 Å². The molecule has 1 heterocycles. The Bertz CT molecular complexity index is 645. The number of aliphatic imine (C=N–C) groups is 1. The number of rotatable bonds is 9. The van der Waals surface area contributed by atoms with Gasteiger partial charge in [0.2, 0.25) is 5.91 Å². The largest absolute Gasteiger partial charge is 0.489 e. The third kappa shape index (κ3) is 9.97. The van der Waals surface area contributed by atoms with Crippen LogP contribution in [0.4, 0.5) is 0 Å². The second-order valence-electron chi connectivity index (χ2n) is 7.74. The lowest BCUT2D eigenvalue weighted by Crippen LogP contribution is -2.51. The van der Waals surface area contributed by atoms with E-state index in [-0.39, 0.29) is 36.0 Å². The van der Waals surface area contributed by atoms with Gasteiger partial charge in [-0.05, 0) is 45.2 Å². The first-order chi connectivity index (χ1) is 14.0. The van der Waals surface area contributed by atoms with E-state index in [2.05, 4.69) is 51.8 Å². The molecule has 1 aromatic rings. The lowest BCUT2D eigenvalue weighted by atomic mass is 10.1. The van der Waals surface area contributed by atoms with Crippen LogP contribution in [-0.2, 0) is 4.79 Å². The zero-order valence-corrected chi connectivity index (χ0v) is 21.1. The van der Waals surface area contributed by atoms with Crippen LogP contribution in [0.25, 0.3) is 0 Å². The maximum atomic E-state index is 11.9. The molecule has 7 nitrogen and oxygen atoms in total. The SMILES string of the molecule is CCCNC(=O)CN1CCC(NC(=NC)NCC(C)Oc2ccc(C)cc2)CC1.I. The molecule has 8 heteroatoms. The minimum atomic E-state index is 0. The van der Waals surface area contributed by atoms with E-state index >= 15 is 0 Å². The average Bonchev–Trinajstić information content (AvgIpc) is 2.72. The number of nitrogens with zero attached hydrogens (tertiary/aromatic N) is 2. The number of hydrogen-bond donors (Lipinski definition) is 3. The van der Waals surface area contributed by atoms with E-state index in [4.69, 9.17) is 4.74 Å². The summed E-state index contributed by atoms with van der Waals surface area (Å²) in [7, 11) is 1.79. The number of hydrogen-bond acceptors (Lipinski definition) is 4. The predicted molar refractivity (Wildman–Crippen MR) is 134 cm³/mol. The van der Waals surface area contributed by atoms with Crippen LogP contribution in [0, 0.1) is 6.92 Å². The number of guanidine groups is 1. The van der Waals surface area contributed by atoms with Gasteiger partial charge in [-0.15, -0.1) is 24.0 Å². The number of halogens is 1. The third-order valence-corrected chi connectivity index (χ3v) is 5.01. The quantitative estimate of drug-likeness (QED) is 0.260.